The Labute approximate surface area is 115 Å². The van der Waals surface area contributed by atoms with Crippen LogP contribution in [0.3, 0.4) is 0 Å². The third kappa shape index (κ3) is 2.82. The molecule has 7 heteroatoms. The number of aliphatic hydroxyl groups is 4. The van der Waals surface area contributed by atoms with Crippen LogP contribution in [0.2, 0.25) is 0 Å². The molecule has 1 aromatic carbocycles. The van der Waals surface area contributed by atoms with Gasteiger partial charge in [-0.1, -0.05) is 12.1 Å². The molecule has 1 aromatic rings. The maximum Gasteiger partial charge on any atom is 0.229 e. The van der Waals surface area contributed by atoms with Gasteiger partial charge in [0, 0.05) is 0 Å². The largest absolute Gasteiger partial charge is 0.461 e. The highest BCUT2D eigenvalue weighted by Crippen LogP contribution is 2.25. The summed E-state index contributed by atoms with van der Waals surface area (Å²) in [5.41, 5.74) is 0.254. The molecule has 2 rings (SSSR count). The lowest BCUT2D eigenvalue weighted by Crippen LogP contribution is -2.60. The van der Waals surface area contributed by atoms with Gasteiger partial charge in [-0.15, -0.1) is 0 Å². The molecule has 0 spiro atoms. The number of para-hydroxylation sites is 1. The molecule has 20 heavy (non-hydrogen) atoms. The highest BCUT2D eigenvalue weighted by Gasteiger charge is 2.44. The molecule has 0 aliphatic carbocycles. The Balaban J connectivity index is 2.17. The molecule has 0 bridgehead atoms. The van der Waals surface area contributed by atoms with Crippen molar-refractivity contribution in [2.75, 3.05) is 6.61 Å². The van der Waals surface area contributed by atoms with Gasteiger partial charge in [-0.2, -0.15) is 0 Å². The summed E-state index contributed by atoms with van der Waals surface area (Å²) >= 11 is 0. The minimum Gasteiger partial charge on any atom is -0.461 e. The average Bonchev–Trinajstić information content (AvgIpc) is 2.48. The zero-order valence-electron chi connectivity index (χ0n) is 10.5. The lowest BCUT2D eigenvalue weighted by molar-refractivity contribution is -0.277. The summed E-state index contributed by atoms with van der Waals surface area (Å²) in [7, 11) is 0. The van der Waals surface area contributed by atoms with E-state index in [0.717, 1.165) is 0 Å². The minimum absolute atomic E-state index is 0.173. The molecule has 1 saturated heterocycles. The first-order valence-corrected chi connectivity index (χ1v) is 6.10. The molecular formula is C13H16O7. The van der Waals surface area contributed by atoms with E-state index in [1.807, 2.05) is 0 Å². The molecule has 5 atom stereocenters. The maximum absolute atomic E-state index is 10.9. The van der Waals surface area contributed by atoms with E-state index in [2.05, 4.69) is 0 Å². The predicted octanol–water partition coefficient (Wildman–Crippen LogP) is -1.32. The number of carbonyl (C=O) groups is 1. The fourth-order valence-electron chi connectivity index (χ4n) is 1.98. The molecule has 1 fully saturated rings. The first kappa shape index (κ1) is 14.9. The molecule has 0 radical (unpaired) electrons. The SMILES string of the molecule is O=Cc1ccccc1O[C@@H]1O[C@H](CO)[C@H](O)[C@@H](O)[C@H]1O. The average molecular weight is 284 g/mol. The maximum atomic E-state index is 10.9. The van der Waals surface area contributed by atoms with Crippen molar-refractivity contribution in [3.63, 3.8) is 0 Å². The third-order valence-corrected chi connectivity index (χ3v) is 3.14. The second kappa shape index (κ2) is 6.29. The first-order chi connectivity index (χ1) is 9.58. The number of hydrogen-bond donors (Lipinski definition) is 4. The van der Waals surface area contributed by atoms with Crippen LogP contribution in [-0.2, 0) is 4.74 Å². The molecule has 1 heterocycles. The van der Waals surface area contributed by atoms with Crippen molar-refractivity contribution in [2.24, 2.45) is 0 Å². The van der Waals surface area contributed by atoms with Crippen LogP contribution in [0.25, 0.3) is 0 Å². The number of aliphatic hydroxyl groups excluding tert-OH is 4. The van der Waals surface area contributed by atoms with E-state index in [4.69, 9.17) is 14.6 Å². The van der Waals surface area contributed by atoms with Gasteiger partial charge in [-0.25, -0.2) is 0 Å². The van der Waals surface area contributed by atoms with Crippen molar-refractivity contribution in [3.05, 3.63) is 29.8 Å². The summed E-state index contributed by atoms with van der Waals surface area (Å²) in [6, 6.07) is 6.30. The van der Waals surface area contributed by atoms with Crippen LogP contribution in [0, 0.1) is 0 Å². The smallest absolute Gasteiger partial charge is 0.229 e. The van der Waals surface area contributed by atoms with Crippen molar-refractivity contribution < 1.29 is 34.7 Å². The van der Waals surface area contributed by atoms with Gasteiger partial charge < -0.3 is 29.9 Å². The first-order valence-electron chi connectivity index (χ1n) is 6.10. The summed E-state index contributed by atoms with van der Waals surface area (Å²) < 4.78 is 10.5. The van der Waals surface area contributed by atoms with Crippen LogP contribution in [0.5, 0.6) is 5.75 Å². The van der Waals surface area contributed by atoms with E-state index in [-0.39, 0.29) is 11.3 Å². The Kier molecular flexibility index (Phi) is 4.69. The molecule has 0 aromatic heterocycles. The second-order valence-corrected chi connectivity index (χ2v) is 4.47. The summed E-state index contributed by atoms with van der Waals surface area (Å²) in [5, 5.41) is 38.1. The highest BCUT2D eigenvalue weighted by molar-refractivity contribution is 5.79. The molecule has 4 N–H and O–H groups in total. The van der Waals surface area contributed by atoms with E-state index in [0.29, 0.717) is 6.29 Å². The van der Waals surface area contributed by atoms with Crippen molar-refractivity contribution in [1.29, 1.82) is 0 Å². The van der Waals surface area contributed by atoms with Gasteiger partial charge in [-0.3, -0.25) is 4.79 Å². The minimum atomic E-state index is -1.52. The van der Waals surface area contributed by atoms with E-state index >= 15 is 0 Å². The fourth-order valence-corrected chi connectivity index (χ4v) is 1.98. The van der Waals surface area contributed by atoms with Crippen LogP contribution in [0.1, 0.15) is 10.4 Å². The summed E-state index contributed by atoms with van der Waals surface area (Å²) in [5.74, 6) is 0.173. The Morgan fingerprint density at radius 2 is 1.85 bits per heavy atom. The van der Waals surface area contributed by atoms with Gasteiger partial charge >= 0.3 is 0 Å². The number of benzene rings is 1. The zero-order valence-corrected chi connectivity index (χ0v) is 10.5. The van der Waals surface area contributed by atoms with E-state index in [1.54, 1.807) is 12.1 Å². The quantitative estimate of drug-likeness (QED) is 0.507. The van der Waals surface area contributed by atoms with Crippen molar-refractivity contribution in [2.45, 2.75) is 30.7 Å². The highest BCUT2D eigenvalue weighted by atomic mass is 16.7. The van der Waals surface area contributed by atoms with Crippen LogP contribution in [-0.4, -0.2) is 64.0 Å². The Bertz CT molecular complexity index is 462. The molecule has 7 nitrogen and oxygen atoms in total. The number of rotatable bonds is 4. The van der Waals surface area contributed by atoms with Crippen LogP contribution in [0.15, 0.2) is 24.3 Å². The molecule has 0 amide bonds. The van der Waals surface area contributed by atoms with Crippen LogP contribution in [0.4, 0.5) is 0 Å². The van der Waals surface area contributed by atoms with E-state index < -0.39 is 37.3 Å². The molecule has 0 saturated carbocycles. The van der Waals surface area contributed by atoms with Gasteiger partial charge in [0.25, 0.3) is 0 Å². The van der Waals surface area contributed by atoms with Gasteiger partial charge in [-0.05, 0) is 12.1 Å². The van der Waals surface area contributed by atoms with Crippen LogP contribution < -0.4 is 4.74 Å². The van der Waals surface area contributed by atoms with Gasteiger partial charge in [0.05, 0.1) is 12.2 Å². The summed E-state index contributed by atoms with van der Waals surface area (Å²) in [4.78, 5) is 10.9. The number of aldehydes is 1. The summed E-state index contributed by atoms with van der Waals surface area (Å²) in [6.45, 7) is -0.542. The molecule has 0 unspecified atom stereocenters. The number of carbonyl (C=O) groups excluding carboxylic acids is 1. The standard InChI is InChI=1S/C13H16O7/c14-5-7-3-1-2-4-8(7)19-13-12(18)11(17)10(16)9(6-15)20-13/h1-5,9-13,15-18H,6H2/t9-,10+,11-,12-,13-/m1/s1. The fraction of sp³-hybridized carbons (Fsp3) is 0.462. The van der Waals surface area contributed by atoms with E-state index in [1.165, 1.54) is 12.1 Å². The zero-order chi connectivity index (χ0) is 14.7. The lowest BCUT2D eigenvalue weighted by Gasteiger charge is -2.39. The van der Waals surface area contributed by atoms with E-state index in [9.17, 15) is 20.1 Å². The van der Waals surface area contributed by atoms with Gasteiger partial charge in [0.15, 0.2) is 6.29 Å². The molecule has 110 valence electrons. The Hall–Kier alpha value is -1.51. The summed E-state index contributed by atoms with van der Waals surface area (Å²) in [6.07, 6.45) is -6.24. The van der Waals surface area contributed by atoms with Crippen molar-refractivity contribution in [1.82, 2.24) is 0 Å². The van der Waals surface area contributed by atoms with Crippen molar-refractivity contribution in [3.8, 4) is 5.75 Å². The monoisotopic (exact) mass is 284 g/mol. The predicted molar refractivity (Wildman–Crippen MR) is 66.2 cm³/mol. The molecular weight excluding hydrogens is 268 g/mol. The number of ether oxygens (including phenoxy) is 2. The van der Waals surface area contributed by atoms with Crippen LogP contribution >= 0.6 is 0 Å². The molecule has 1 aliphatic heterocycles. The van der Waals surface area contributed by atoms with Crippen molar-refractivity contribution >= 4 is 6.29 Å². The third-order valence-electron chi connectivity index (χ3n) is 3.14. The topological polar surface area (TPSA) is 116 Å². The Morgan fingerprint density at radius 3 is 2.50 bits per heavy atom. The van der Waals surface area contributed by atoms with Gasteiger partial charge in [0.2, 0.25) is 6.29 Å². The normalized spacial score (nSPS) is 33.7. The second-order valence-electron chi connectivity index (χ2n) is 4.47. The Morgan fingerprint density at radius 1 is 1.15 bits per heavy atom. The number of hydrogen-bond acceptors (Lipinski definition) is 7. The van der Waals surface area contributed by atoms with Gasteiger partial charge in [0.1, 0.15) is 30.2 Å². The lowest BCUT2D eigenvalue weighted by atomic mass is 9.99. The molecule has 1 aliphatic rings.